The van der Waals surface area contributed by atoms with Crippen LogP contribution in [-0.2, 0) is 0 Å². The van der Waals surface area contributed by atoms with Gasteiger partial charge in [0, 0.05) is 6.72 Å². The molecule has 0 saturated heterocycles. The number of benzene rings is 2. The number of rotatable bonds is 2. The van der Waals surface area contributed by atoms with Crippen molar-refractivity contribution < 1.29 is 0 Å². The fourth-order valence-electron chi connectivity index (χ4n) is 1.98. The summed E-state index contributed by atoms with van der Waals surface area (Å²) in [6, 6.07) is 14.5. The summed E-state index contributed by atoms with van der Waals surface area (Å²) < 4.78 is 0. The van der Waals surface area contributed by atoms with Crippen LogP contribution < -0.4 is 10.7 Å². The monoisotopic (exact) mass is 279 g/mol. The van der Waals surface area contributed by atoms with Crippen LogP contribution in [0.3, 0.4) is 0 Å². The number of hydrogen-bond acceptors (Lipinski definition) is 5. The number of para-hydroxylation sites is 2. The molecule has 0 radical (unpaired) electrons. The number of aromatic nitrogens is 3. The van der Waals surface area contributed by atoms with Gasteiger partial charge in [-0.15, -0.1) is 15.0 Å². The average molecular weight is 279 g/mol. The van der Waals surface area contributed by atoms with E-state index in [9.17, 15) is 0 Å². The lowest BCUT2D eigenvalue weighted by molar-refractivity contribution is 0.780. The molecule has 0 spiro atoms. The highest BCUT2D eigenvalue weighted by molar-refractivity contribution is 5.97. The molecule has 7 nitrogen and oxygen atoms in total. The Labute approximate surface area is 120 Å². The minimum absolute atomic E-state index is 0.0564. The van der Waals surface area contributed by atoms with E-state index in [1.165, 1.54) is 9.81 Å². The number of nitrogens with two attached hydrogens (primary N) is 1. The van der Waals surface area contributed by atoms with Crippen LogP contribution in [0.4, 0.5) is 11.4 Å². The van der Waals surface area contributed by atoms with Gasteiger partial charge in [0.05, 0.1) is 11.4 Å². The first-order valence-electron chi connectivity index (χ1n) is 6.23. The number of nitrogens with zero attached hydrogens (tertiary/aromatic N) is 5. The molecule has 0 saturated carbocycles. The predicted molar refractivity (Wildman–Crippen MR) is 83.5 cm³/mol. The molecular weight excluding hydrogens is 266 g/mol. The molecule has 0 fully saturated rings. The molecule has 7 heteroatoms. The van der Waals surface area contributed by atoms with Crippen molar-refractivity contribution in [2.24, 2.45) is 5.10 Å². The van der Waals surface area contributed by atoms with E-state index in [-0.39, 0.29) is 5.96 Å². The van der Waals surface area contributed by atoms with Crippen LogP contribution in [0.1, 0.15) is 0 Å². The van der Waals surface area contributed by atoms with Crippen LogP contribution in [-0.4, -0.2) is 27.7 Å². The van der Waals surface area contributed by atoms with Crippen LogP contribution in [0.2, 0.25) is 0 Å². The zero-order chi connectivity index (χ0) is 14.8. The zero-order valence-electron chi connectivity index (χ0n) is 11.1. The van der Waals surface area contributed by atoms with E-state index in [0.717, 1.165) is 0 Å². The van der Waals surface area contributed by atoms with Crippen molar-refractivity contribution in [3.05, 3.63) is 48.5 Å². The molecule has 0 amide bonds. The van der Waals surface area contributed by atoms with Crippen LogP contribution in [0, 0.1) is 5.41 Å². The Morgan fingerprint density at radius 1 is 1.10 bits per heavy atom. The summed E-state index contributed by atoms with van der Waals surface area (Å²) >= 11 is 0. The highest BCUT2D eigenvalue weighted by atomic mass is 15.6. The van der Waals surface area contributed by atoms with Gasteiger partial charge in [-0.2, -0.15) is 10.1 Å². The molecule has 3 rings (SSSR count). The van der Waals surface area contributed by atoms with Crippen molar-refractivity contribution in [2.45, 2.75) is 0 Å². The molecular formula is C14H13N7. The van der Waals surface area contributed by atoms with Gasteiger partial charge in [0.25, 0.3) is 5.96 Å². The number of nitrogen functional groups attached to an aromatic ring is 1. The Morgan fingerprint density at radius 2 is 1.67 bits per heavy atom. The molecule has 104 valence electrons. The number of anilines is 2. The Balaban J connectivity index is 2.03. The fourth-order valence-corrected chi connectivity index (χ4v) is 1.98. The molecule has 3 N–H and O–H groups in total. The van der Waals surface area contributed by atoms with Gasteiger partial charge in [-0.1, -0.05) is 24.3 Å². The number of nitrogens with one attached hydrogen (secondary N) is 1. The second kappa shape index (κ2) is 5.04. The second-order valence-corrected chi connectivity index (χ2v) is 4.31. The standard InChI is InChI=1S/C14H13N7/c1-17-20(13-9-5-2-6-10(13)15)14(16)21-18-11-7-3-4-8-12(11)19-21/h2-9,16H,1,15H2. The second-order valence-electron chi connectivity index (χ2n) is 4.31. The van der Waals surface area contributed by atoms with Crippen molar-refractivity contribution >= 4 is 35.1 Å². The highest BCUT2D eigenvalue weighted by Gasteiger charge is 2.17. The largest absolute Gasteiger partial charge is 0.397 e. The third kappa shape index (κ3) is 2.20. The minimum Gasteiger partial charge on any atom is -0.397 e. The van der Waals surface area contributed by atoms with Crippen molar-refractivity contribution in [2.75, 3.05) is 10.7 Å². The van der Waals surface area contributed by atoms with Gasteiger partial charge in [-0.25, -0.2) is 0 Å². The summed E-state index contributed by atoms with van der Waals surface area (Å²) in [5.74, 6) is -0.0564. The lowest BCUT2D eigenvalue weighted by Crippen LogP contribution is -2.32. The van der Waals surface area contributed by atoms with Gasteiger partial charge in [0.1, 0.15) is 11.0 Å². The minimum atomic E-state index is -0.0564. The highest BCUT2D eigenvalue weighted by Crippen LogP contribution is 2.23. The molecule has 1 aromatic heterocycles. The van der Waals surface area contributed by atoms with Gasteiger partial charge >= 0.3 is 0 Å². The quantitative estimate of drug-likeness (QED) is 0.324. The molecule has 2 aromatic carbocycles. The Hall–Kier alpha value is -3.22. The van der Waals surface area contributed by atoms with E-state index >= 15 is 0 Å². The maximum Gasteiger partial charge on any atom is 0.263 e. The smallest absolute Gasteiger partial charge is 0.263 e. The summed E-state index contributed by atoms with van der Waals surface area (Å²) in [6.45, 7) is 3.49. The molecule has 21 heavy (non-hydrogen) atoms. The molecule has 0 aliphatic carbocycles. The first kappa shape index (κ1) is 12.8. The van der Waals surface area contributed by atoms with Crippen LogP contribution in [0.15, 0.2) is 53.6 Å². The van der Waals surface area contributed by atoms with Crippen molar-refractivity contribution in [1.29, 1.82) is 5.41 Å². The van der Waals surface area contributed by atoms with Gasteiger partial charge in [0.15, 0.2) is 0 Å². The number of hydrazone groups is 1. The van der Waals surface area contributed by atoms with E-state index < -0.39 is 0 Å². The first-order chi connectivity index (χ1) is 10.2. The molecule has 1 heterocycles. The first-order valence-corrected chi connectivity index (χ1v) is 6.23. The van der Waals surface area contributed by atoms with Gasteiger partial charge in [0.2, 0.25) is 0 Å². The summed E-state index contributed by atoms with van der Waals surface area (Å²) in [5.41, 5.74) is 8.36. The van der Waals surface area contributed by atoms with Crippen molar-refractivity contribution in [1.82, 2.24) is 15.0 Å². The Bertz CT molecular complexity index is 788. The van der Waals surface area contributed by atoms with E-state index in [1.807, 2.05) is 36.4 Å². The third-order valence-electron chi connectivity index (χ3n) is 2.98. The van der Waals surface area contributed by atoms with E-state index in [4.69, 9.17) is 11.1 Å². The van der Waals surface area contributed by atoms with Crippen LogP contribution in [0.5, 0.6) is 0 Å². The molecule has 0 aliphatic heterocycles. The molecule has 0 bridgehead atoms. The molecule has 0 aliphatic rings. The fraction of sp³-hybridized carbons (Fsp3) is 0. The van der Waals surface area contributed by atoms with Crippen molar-refractivity contribution in [3.63, 3.8) is 0 Å². The Morgan fingerprint density at radius 3 is 2.24 bits per heavy atom. The van der Waals surface area contributed by atoms with Crippen molar-refractivity contribution in [3.8, 4) is 0 Å². The molecule has 0 unspecified atom stereocenters. The number of hydrogen-bond donors (Lipinski definition) is 2. The van der Waals surface area contributed by atoms with Crippen LogP contribution >= 0.6 is 0 Å². The SMILES string of the molecule is C=NN(C(=N)n1nc2ccccc2n1)c1ccccc1N. The lowest BCUT2D eigenvalue weighted by atomic mass is 10.2. The van der Waals surface area contributed by atoms with E-state index in [1.54, 1.807) is 12.1 Å². The zero-order valence-corrected chi connectivity index (χ0v) is 11.1. The predicted octanol–water partition coefficient (Wildman–Crippen LogP) is 1.92. The van der Waals surface area contributed by atoms with Gasteiger partial charge in [-0.05, 0) is 24.3 Å². The Kier molecular flexibility index (Phi) is 3.07. The summed E-state index contributed by atoms with van der Waals surface area (Å²) in [7, 11) is 0. The lowest BCUT2D eigenvalue weighted by Gasteiger charge is -2.19. The maximum absolute atomic E-state index is 8.23. The number of fused-ring (bicyclic) bond motifs is 1. The normalized spacial score (nSPS) is 10.5. The maximum atomic E-state index is 8.23. The summed E-state index contributed by atoms with van der Waals surface area (Å²) in [5, 5.41) is 21.9. The van der Waals surface area contributed by atoms with E-state index in [2.05, 4.69) is 22.0 Å². The molecule has 0 atom stereocenters. The van der Waals surface area contributed by atoms with E-state index in [0.29, 0.717) is 22.4 Å². The summed E-state index contributed by atoms with van der Waals surface area (Å²) in [6.07, 6.45) is 0. The topological polar surface area (TPSA) is 96.2 Å². The molecule has 3 aromatic rings. The van der Waals surface area contributed by atoms with Gasteiger partial charge in [-0.3, -0.25) is 5.41 Å². The average Bonchev–Trinajstić information content (AvgIpc) is 2.93. The third-order valence-corrected chi connectivity index (χ3v) is 2.98. The summed E-state index contributed by atoms with van der Waals surface area (Å²) in [4.78, 5) is 1.20. The van der Waals surface area contributed by atoms with Gasteiger partial charge < -0.3 is 5.73 Å². The van der Waals surface area contributed by atoms with Crippen LogP contribution in [0.25, 0.3) is 11.0 Å².